The second-order valence-electron chi connectivity index (χ2n) is 3.74. The van der Waals surface area contributed by atoms with Crippen LogP contribution in [0.25, 0.3) is 0 Å². The van der Waals surface area contributed by atoms with Gasteiger partial charge in [-0.2, -0.15) is 0 Å². The molecule has 1 unspecified atom stereocenters. The van der Waals surface area contributed by atoms with E-state index in [2.05, 4.69) is 14.8 Å². The van der Waals surface area contributed by atoms with Crippen molar-refractivity contribution in [2.45, 2.75) is 18.3 Å². The van der Waals surface area contributed by atoms with E-state index in [0.29, 0.717) is 36.0 Å². The number of aliphatic imine (C=N–C) groups is 1. The molecule has 0 radical (unpaired) electrons. The number of nitrogens with zero attached hydrogens (tertiary/aromatic N) is 2. The molecule has 92 valence electrons. The van der Waals surface area contributed by atoms with Crippen molar-refractivity contribution in [1.82, 2.24) is 4.90 Å². The van der Waals surface area contributed by atoms with E-state index in [1.807, 2.05) is 12.1 Å². The van der Waals surface area contributed by atoms with Crippen LogP contribution in [0.3, 0.4) is 0 Å². The molecule has 0 saturated carbocycles. The number of hydrogen-bond donors (Lipinski definition) is 1. The van der Waals surface area contributed by atoms with Gasteiger partial charge < -0.3 is 0 Å². The summed E-state index contributed by atoms with van der Waals surface area (Å²) < 4.78 is 2.00. The van der Waals surface area contributed by atoms with E-state index < -0.39 is 6.10 Å². The molecule has 2 heterocycles. The van der Waals surface area contributed by atoms with E-state index in [-0.39, 0.29) is 5.91 Å². The molecule has 0 spiro atoms. The number of aliphatic hydroxyl groups excluding tert-OH is 1. The standard InChI is InChI=1S/C11H14N2O2Se2/c1-8(14)12-11-13(4-6-17-11)7-9(15)10-3-2-5-16-10/h2-3,5,9,15H,4,6-7H2,1H3. The first kappa shape index (κ1) is 13.1. The van der Waals surface area contributed by atoms with Gasteiger partial charge in [-0.25, -0.2) is 0 Å². The van der Waals surface area contributed by atoms with Gasteiger partial charge in [0, 0.05) is 0 Å². The first-order valence-corrected chi connectivity index (χ1v) is 9.26. The van der Waals surface area contributed by atoms with Crippen LogP contribution in [0.4, 0.5) is 0 Å². The predicted octanol–water partition coefficient (Wildman–Crippen LogP) is 0.118. The molecule has 1 aromatic rings. The Kier molecular flexibility index (Phi) is 4.60. The first-order valence-electron chi connectivity index (χ1n) is 5.35. The molecule has 4 nitrogen and oxygen atoms in total. The summed E-state index contributed by atoms with van der Waals surface area (Å²) in [6, 6.07) is 3.99. The molecule has 2 rings (SSSR count). The van der Waals surface area contributed by atoms with Gasteiger partial charge in [0.05, 0.1) is 0 Å². The number of carbonyl (C=O) groups excluding carboxylic acids is 1. The number of amides is 1. The Morgan fingerprint density at radius 3 is 3.18 bits per heavy atom. The van der Waals surface area contributed by atoms with Crippen molar-refractivity contribution in [3.8, 4) is 0 Å². The van der Waals surface area contributed by atoms with Crippen LogP contribution >= 0.6 is 0 Å². The molecule has 1 fully saturated rings. The average molecular weight is 364 g/mol. The SMILES string of the molecule is CC(=O)N=C1[Se]CCN1CC(O)c1ccc[se]1. The first-order chi connectivity index (χ1) is 8.16. The molecule has 1 N–H and O–H groups in total. The number of carbonyl (C=O) groups is 1. The Balaban J connectivity index is 2.01. The van der Waals surface area contributed by atoms with E-state index in [4.69, 9.17) is 0 Å². The Morgan fingerprint density at radius 2 is 2.53 bits per heavy atom. The van der Waals surface area contributed by atoms with Crippen LogP contribution in [0.5, 0.6) is 0 Å². The van der Waals surface area contributed by atoms with E-state index in [1.54, 1.807) is 0 Å². The van der Waals surface area contributed by atoms with Crippen molar-refractivity contribution < 1.29 is 9.90 Å². The summed E-state index contributed by atoms with van der Waals surface area (Å²) in [6.07, 6.45) is -0.420. The average Bonchev–Trinajstić information content (AvgIpc) is 2.89. The van der Waals surface area contributed by atoms with Crippen molar-refractivity contribution >= 4 is 40.1 Å². The van der Waals surface area contributed by atoms with Gasteiger partial charge in [-0.15, -0.1) is 0 Å². The number of aliphatic hydroxyl groups is 1. The van der Waals surface area contributed by atoms with E-state index in [0.717, 1.165) is 21.0 Å². The van der Waals surface area contributed by atoms with Crippen LogP contribution in [-0.4, -0.2) is 63.2 Å². The van der Waals surface area contributed by atoms with Crippen molar-refractivity contribution in [1.29, 1.82) is 0 Å². The van der Waals surface area contributed by atoms with Gasteiger partial charge in [0.2, 0.25) is 0 Å². The topological polar surface area (TPSA) is 52.9 Å². The minimum atomic E-state index is -0.420. The zero-order valence-electron chi connectivity index (χ0n) is 9.50. The van der Waals surface area contributed by atoms with Gasteiger partial charge in [-0.3, -0.25) is 0 Å². The van der Waals surface area contributed by atoms with Gasteiger partial charge >= 0.3 is 113 Å². The second-order valence-corrected chi connectivity index (χ2v) is 8.02. The van der Waals surface area contributed by atoms with Crippen LogP contribution in [0, 0.1) is 0 Å². The Bertz CT molecular complexity index is 417. The third kappa shape index (κ3) is 3.54. The van der Waals surface area contributed by atoms with Crippen LogP contribution in [0.15, 0.2) is 22.1 Å². The summed E-state index contributed by atoms with van der Waals surface area (Å²) in [5, 5.41) is 11.2. The summed E-state index contributed by atoms with van der Waals surface area (Å²) in [4.78, 5) is 19.2. The third-order valence-electron chi connectivity index (χ3n) is 2.38. The normalized spacial score (nSPS) is 19.9. The zero-order valence-corrected chi connectivity index (χ0v) is 12.9. The summed E-state index contributed by atoms with van der Waals surface area (Å²) in [5.41, 5.74) is 0. The molecular weight excluding hydrogens is 350 g/mol. The molecule has 1 atom stereocenters. The fraction of sp³-hybridized carbons (Fsp3) is 0.455. The van der Waals surface area contributed by atoms with E-state index >= 15 is 0 Å². The minimum absolute atomic E-state index is 0.144. The number of rotatable bonds is 3. The van der Waals surface area contributed by atoms with Gasteiger partial charge in [0.25, 0.3) is 0 Å². The van der Waals surface area contributed by atoms with Crippen LogP contribution in [0.2, 0.25) is 5.32 Å². The molecular formula is C11H14N2O2Se2. The van der Waals surface area contributed by atoms with Gasteiger partial charge in [0.1, 0.15) is 0 Å². The summed E-state index contributed by atoms with van der Waals surface area (Å²) in [7, 11) is 0. The van der Waals surface area contributed by atoms with Crippen molar-refractivity contribution in [2.24, 2.45) is 4.99 Å². The van der Waals surface area contributed by atoms with E-state index in [1.165, 1.54) is 6.92 Å². The predicted molar refractivity (Wildman–Crippen MR) is 68.6 cm³/mol. The quantitative estimate of drug-likeness (QED) is 0.776. The maximum absolute atomic E-state index is 11.0. The molecule has 0 aromatic carbocycles. The van der Waals surface area contributed by atoms with E-state index in [9.17, 15) is 9.90 Å². The third-order valence-corrected chi connectivity index (χ3v) is 6.51. The van der Waals surface area contributed by atoms with Crippen molar-refractivity contribution in [2.75, 3.05) is 13.1 Å². The molecule has 0 aliphatic carbocycles. The zero-order chi connectivity index (χ0) is 12.3. The molecule has 17 heavy (non-hydrogen) atoms. The Morgan fingerprint density at radius 1 is 1.71 bits per heavy atom. The summed E-state index contributed by atoms with van der Waals surface area (Å²) in [6.45, 7) is 2.96. The maximum atomic E-state index is 11.0. The molecule has 1 amide bonds. The molecule has 1 saturated heterocycles. The number of amidine groups is 1. The summed E-state index contributed by atoms with van der Waals surface area (Å²) in [5.74, 6) is -0.144. The molecule has 1 aromatic heterocycles. The fourth-order valence-corrected chi connectivity index (χ4v) is 5.27. The Labute approximate surface area is 113 Å². The molecule has 6 heteroatoms. The van der Waals surface area contributed by atoms with Crippen LogP contribution < -0.4 is 0 Å². The van der Waals surface area contributed by atoms with Crippen LogP contribution in [0.1, 0.15) is 17.5 Å². The van der Waals surface area contributed by atoms with Crippen LogP contribution in [-0.2, 0) is 4.79 Å². The molecule has 1 aliphatic heterocycles. The van der Waals surface area contributed by atoms with Gasteiger partial charge in [-0.05, 0) is 0 Å². The fourth-order valence-electron chi connectivity index (χ4n) is 1.62. The molecule has 0 bridgehead atoms. The van der Waals surface area contributed by atoms with Crippen molar-refractivity contribution in [3.05, 3.63) is 21.5 Å². The van der Waals surface area contributed by atoms with Gasteiger partial charge in [0.15, 0.2) is 0 Å². The second kappa shape index (κ2) is 5.98. The summed E-state index contributed by atoms with van der Waals surface area (Å²) >= 11 is 0.584. The monoisotopic (exact) mass is 366 g/mol. The van der Waals surface area contributed by atoms with Gasteiger partial charge in [-0.1, -0.05) is 0 Å². The number of hydrogen-bond acceptors (Lipinski definition) is 2. The van der Waals surface area contributed by atoms with Crippen molar-refractivity contribution in [3.63, 3.8) is 0 Å². The number of β-amino-alcohol motifs (C(OH)–C–C–N with tert-alkyl or cyclic N) is 1. The molecule has 1 aliphatic rings. The Hall–Kier alpha value is -0.381.